The van der Waals surface area contributed by atoms with Crippen molar-refractivity contribution in [2.24, 2.45) is 0 Å². The molecule has 3 heterocycles. The van der Waals surface area contributed by atoms with Crippen LogP contribution in [0.4, 0.5) is 22.0 Å². The van der Waals surface area contributed by atoms with Crippen molar-refractivity contribution in [2.45, 2.75) is 13.1 Å². The molecule has 0 amide bonds. The Morgan fingerprint density at radius 3 is 2.45 bits per heavy atom. The Morgan fingerprint density at radius 2 is 1.83 bits per heavy atom. The third-order valence-electron chi connectivity index (χ3n) is 4.35. The van der Waals surface area contributed by atoms with E-state index in [0.29, 0.717) is 11.8 Å². The molecule has 0 bridgehead atoms. The van der Waals surface area contributed by atoms with Gasteiger partial charge in [-0.05, 0) is 31.2 Å². The average molecular weight is 406 g/mol. The number of aryl methyl sites for hydroxylation is 1. The molecule has 10 heteroatoms. The molecule has 0 aliphatic heterocycles. The number of rotatable bonds is 2. The summed E-state index contributed by atoms with van der Waals surface area (Å²) in [5.41, 5.74) is -0.662. The number of aromatic nitrogens is 4. The Labute approximate surface area is 159 Å². The van der Waals surface area contributed by atoms with E-state index in [1.54, 1.807) is 6.92 Å². The molecule has 0 aliphatic carbocycles. The lowest BCUT2D eigenvalue weighted by atomic mass is 10.1. The Bertz CT molecular complexity index is 1290. The molecule has 0 saturated heterocycles. The number of fused-ring (bicyclic) bond motifs is 1. The number of benzene rings is 1. The largest absolute Gasteiger partial charge is 0.433 e. The quantitative estimate of drug-likeness (QED) is 0.504. The first-order valence-electron chi connectivity index (χ1n) is 8.26. The molecule has 1 N–H and O–H groups in total. The van der Waals surface area contributed by atoms with E-state index in [1.807, 2.05) is 0 Å². The zero-order chi connectivity index (χ0) is 20.9. The van der Waals surface area contributed by atoms with E-state index in [4.69, 9.17) is 0 Å². The molecule has 148 valence electrons. The van der Waals surface area contributed by atoms with E-state index in [1.165, 1.54) is 6.07 Å². The SMILES string of the molecule is Cc1[nH]n2c(=O)cc(-c3ccc(C(F)(F)F)nc3)nc2c1-c1ccc(F)cc1F. The lowest BCUT2D eigenvalue weighted by Crippen LogP contribution is -2.14. The van der Waals surface area contributed by atoms with Gasteiger partial charge in [0.2, 0.25) is 0 Å². The molecule has 4 aromatic rings. The van der Waals surface area contributed by atoms with Crippen molar-refractivity contribution in [3.63, 3.8) is 0 Å². The first kappa shape index (κ1) is 18.8. The first-order chi connectivity index (χ1) is 13.6. The zero-order valence-electron chi connectivity index (χ0n) is 14.7. The van der Waals surface area contributed by atoms with Gasteiger partial charge in [-0.1, -0.05) is 0 Å². The number of alkyl halides is 3. The summed E-state index contributed by atoms with van der Waals surface area (Å²) in [6.45, 7) is 1.59. The van der Waals surface area contributed by atoms with Gasteiger partial charge < -0.3 is 0 Å². The molecule has 0 atom stereocenters. The highest BCUT2D eigenvalue weighted by molar-refractivity contribution is 5.81. The lowest BCUT2D eigenvalue weighted by Gasteiger charge is -2.07. The average Bonchev–Trinajstić information content (AvgIpc) is 2.98. The van der Waals surface area contributed by atoms with E-state index in [0.717, 1.165) is 35.0 Å². The van der Waals surface area contributed by atoms with Crippen molar-refractivity contribution in [1.29, 1.82) is 0 Å². The molecule has 0 aliphatic rings. The van der Waals surface area contributed by atoms with Gasteiger partial charge in [0, 0.05) is 40.7 Å². The second-order valence-electron chi connectivity index (χ2n) is 6.30. The van der Waals surface area contributed by atoms with E-state index in [2.05, 4.69) is 15.1 Å². The van der Waals surface area contributed by atoms with E-state index in [-0.39, 0.29) is 28.0 Å². The molecule has 0 unspecified atom stereocenters. The van der Waals surface area contributed by atoms with Crippen LogP contribution in [0.3, 0.4) is 0 Å². The van der Waals surface area contributed by atoms with Gasteiger partial charge in [0.15, 0.2) is 5.65 Å². The van der Waals surface area contributed by atoms with Crippen molar-refractivity contribution in [1.82, 2.24) is 19.6 Å². The minimum absolute atomic E-state index is 0.0252. The number of nitrogens with zero attached hydrogens (tertiary/aromatic N) is 3. The number of pyridine rings is 1. The molecule has 0 spiro atoms. The van der Waals surface area contributed by atoms with Gasteiger partial charge in [-0.2, -0.15) is 13.2 Å². The molecular weight excluding hydrogens is 395 g/mol. The number of aromatic amines is 1. The summed E-state index contributed by atoms with van der Waals surface area (Å²) in [5.74, 6) is -1.60. The van der Waals surface area contributed by atoms with Gasteiger partial charge in [-0.15, -0.1) is 0 Å². The summed E-state index contributed by atoms with van der Waals surface area (Å²) >= 11 is 0. The highest BCUT2D eigenvalue weighted by atomic mass is 19.4. The molecule has 3 aromatic heterocycles. The van der Waals surface area contributed by atoms with Crippen LogP contribution in [0.1, 0.15) is 11.4 Å². The Kier molecular flexibility index (Phi) is 4.21. The number of halogens is 5. The second kappa shape index (κ2) is 6.50. The molecular formula is C19H11F5N4O. The molecule has 29 heavy (non-hydrogen) atoms. The maximum absolute atomic E-state index is 14.3. The normalized spacial score (nSPS) is 11.9. The topological polar surface area (TPSA) is 63.0 Å². The number of H-pyrrole nitrogens is 1. The van der Waals surface area contributed by atoms with Gasteiger partial charge in [0.1, 0.15) is 17.3 Å². The van der Waals surface area contributed by atoms with Gasteiger partial charge in [0.05, 0.1) is 5.69 Å². The summed E-state index contributed by atoms with van der Waals surface area (Å²) in [4.78, 5) is 20.1. The Balaban J connectivity index is 1.92. The smallest absolute Gasteiger partial charge is 0.293 e. The van der Waals surface area contributed by atoms with Crippen LogP contribution in [-0.4, -0.2) is 19.6 Å². The predicted octanol–water partition coefficient (Wildman–Crippen LogP) is 4.36. The minimum Gasteiger partial charge on any atom is -0.293 e. The van der Waals surface area contributed by atoms with Crippen molar-refractivity contribution >= 4 is 5.65 Å². The van der Waals surface area contributed by atoms with Crippen LogP contribution in [0.2, 0.25) is 0 Å². The van der Waals surface area contributed by atoms with Gasteiger partial charge in [-0.25, -0.2) is 18.3 Å². The number of nitrogens with one attached hydrogen (secondary N) is 1. The highest BCUT2D eigenvalue weighted by Crippen LogP contribution is 2.31. The summed E-state index contributed by atoms with van der Waals surface area (Å²) < 4.78 is 66.8. The van der Waals surface area contributed by atoms with Gasteiger partial charge in [-0.3, -0.25) is 14.9 Å². The highest BCUT2D eigenvalue weighted by Gasteiger charge is 2.32. The Hall–Kier alpha value is -3.56. The summed E-state index contributed by atoms with van der Waals surface area (Å²) in [7, 11) is 0. The monoisotopic (exact) mass is 406 g/mol. The summed E-state index contributed by atoms with van der Waals surface area (Å²) in [6, 6.07) is 6.05. The van der Waals surface area contributed by atoms with Crippen molar-refractivity contribution in [2.75, 3.05) is 0 Å². The molecule has 0 saturated carbocycles. The van der Waals surface area contributed by atoms with Gasteiger partial charge >= 0.3 is 6.18 Å². The molecule has 4 rings (SSSR count). The van der Waals surface area contributed by atoms with Crippen LogP contribution in [0.5, 0.6) is 0 Å². The van der Waals surface area contributed by atoms with Crippen LogP contribution in [0, 0.1) is 18.6 Å². The van der Waals surface area contributed by atoms with E-state index < -0.39 is 29.1 Å². The molecule has 1 aromatic carbocycles. The van der Waals surface area contributed by atoms with Crippen LogP contribution in [0.25, 0.3) is 28.0 Å². The maximum Gasteiger partial charge on any atom is 0.433 e. The summed E-state index contributed by atoms with van der Waals surface area (Å²) in [6.07, 6.45) is -3.64. The van der Waals surface area contributed by atoms with Crippen molar-refractivity contribution in [3.8, 4) is 22.4 Å². The third kappa shape index (κ3) is 3.26. The fraction of sp³-hybridized carbons (Fsp3) is 0.105. The summed E-state index contributed by atoms with van der Waals surface area (Å²) in [5, 5.41) is 2.76. The molecule has 0 radical (unpaired) electrons. The van der Waals surface area contributed by atoms with E-state index in [9.17, 15) is 26.7 Å². The fourth-order valence-corrected chi connectivity index (χ4v) is 3.02. The van der Waals surface area contributed by atoms with Crippen LogP contribution in [-0.2, 0) is 6.18 Å². The maximum atomic E-state index is 14.3. The standard InChI is InChI=1S/C19H11F5N4O/c1-9-17(12-4-3-11(20)6-13(12)21)18-26-14(7-16(29)28(18)27-9)10-2-5-15(25-8-10)19(22,23)24/h2-8,27H,1H3. The van der Waals surface area contributed by atoms with E-state index >= 15 is 0 Å². The minimum atomic E-state index is -4.60. The lowest BCUT2D eigenvalue weighted by molar-refractivity contribution is -0.141. The fourth-order valence-electron chi connectivity index (χ4n) is 3.02. The molecule has 5 nitrogen and oxygen atoms in total. The molecule has 0 fully saturated rings. The van der Waals surface area contributed by atoms with Crippen LogP contribution in [0.15, 0.2) is 47.4 Å². The van der Waals surface area contributed by atoms with Gasteiger partial charge in [0.25, 0.3) is 5.56 Å². The second-order valence-corrected chi connectivity index (χ2v) is 6.30. The predicted molar refractivity (Wildman–Crippen MR) is 94.1 cm³/mol. The first-order valence-corrected chi connectivity index (χ1v) is 8.26. The number of hydrogen-bond acceptors (Lipinski definition) is 3. The van der Waals surface area contributed by atoms with Crippen molar-refractivity contribution < 1.29 is 22.0 Å². The van der Waals surface area contributed by atoms with Crippen molar-refractivity contribution in [3.05, 3.63) is 76.0 Å². The third-order valence-corrected chi connectivity index (χ3v) is 4.35. The zero-order valence-corrected chi connectivity index (χ0v) is 14.7. The Morgan fingerprint density at radius 1 is 1.07 bits per heavy atom. The van der Waals surface area contributed by atoms with Crippen LogP contribution >= 0.6 is 0 Å². The number of hydrogen-bond donors (Lipinski definition) is 1. The van der Waals surface area contributed by atoms with Crippen LogP contribution < -0.4 is 5.56 Å².